The Morgan fingerprint density at radius 3 is 3.00 bits per heavy atom. The molecule has 1 aliphatic heterocycles. The molecule has 1 aromatic heterocycles. The molecule has 2 aromatic rings. The third-order valence-electron chi connectivity index (χ3n) is 4.72. The average Bonchev–Trinajstić information content (AvgIpc) is 3.15. The highest BCUT2D eigenvalue weighted by atomic mass is 16.5. The lowest BCUT2D eigenvalue weighted by Gasteiger charge is -2.35. The summed E-state index contributed by atoms with van der Waals surface area (Å²) in [6.07, 6.45) is 7.25. The Kier molecular flexibility index (Phi) is 6.06. The van der Waals surface area contributed by atoms with E-state index in [9.17, 15) is 4.79 Å². The minimum absolute atomic E-state index is 0.0540. The van der Waals surface area contributed by atoms with Gasteiger partial charge in [-0.25, -0.2) is 0 Å². The van der Waals surface area contributed by atoms with E-state index in [1.165, 1.54) is 6.42 Å². The second-order valence-electron chi connectivity index (χ2n) is 6.44. The van der Waals surface area contributed by atoms with Crippen LogP contribution in [-0.4, -0.2) is 46.8 Å². The van der Waals surface area contributed by atoms with Crippen molar-refractivity contribution in [2.75, 3.05) is 20.2 Å². The minimum Gasteiger partial charge on any atom is -0.496 e. The number of hydrogen-bond donors (Lipinski definition) is 1. The molecule has 0 spiro atoms. The number of hydrogen-bond acceptors (Lipinski definition) is 4. The number of piperidine rings is 1. The molecule has 1 N–H and O–H groups in total. The van der Waals surface area contributed by atoms with Gasteiger partial charge in [-0.2, -0.15) is 5.10 Å². The van der Waals surface area contributed by atoms with E-state index < -0.39 is 0 Å². The Morgan fingerprint density at radius 1 is 1.32 bits per heavy atom. The van der Waals surface area contributed by atoms with Gasteiger partial charge in [-0.3, -0.25) is 14.4 Å². The highest BCUT2D eigenvalue weighted by molar-refractivity contribution is 5.78. The molecule has 1 aliphatic rings. The van der Waals surface area contributed by atoms with Gasteiger partial charge in [-0.05, 0) is 31.5 Å². The van der Waals surface area contributed by atoms with Gasteiger partial charge in [-0.15, -0.1) is 0 Å². The normalized spacial score (nSPS) is 18.0. The lowest BCUT2D eigenvalue weighted by Crippen LogP contribution is -2.47. The Balaban J connectivity index is 1.53. The standard InChI is InChI=1S/C19H26N4O2/c1-25-18-9-3-2-7-16(18)13-20-19(24)15-22-11-5-4-8-17(22)14-23-12-6-10-21-23/h2-3,6-7,9-10,12,17H,4-5,8,11,13-15H2,1H3,(H,20,24)/t17-/m0/s1. The van der Waals surface area contributed by atoms with Gasteiger partial charge in [0.05, 0.1) is 20.2 Å². The molecule has 0 unspecified atom stereocenters. The monoisotopic (exact) mass is 342 g/mol. The smallest absolute Gasteiger partial charge is 0.234 e. The van der Waals surface area contributed by atoms with E-state index in [0.717, 1.165) is 37.2 Å². The molecule has 0 bridgehead atoms. The molecule has 1 amide bonds. The number of para-hydroxylation sites is 1. The van der Waals surface area contributed by atoms with E-state index in [1.54, 1.807) is 13.3 Å². The van der Waals surface area contributed by atoms with Crippen LogP contribution in [0.1, 0.15) is 24.8 Å². The topological polar surface area (TPSA) is 59.4 Å². The number of nitrogens with zero attached hydrogens (tertiary/aromatic N) is 3. The van der Waals surface area contributed by atoms with Crippen molar-refractivity contribution < 1.29 is 9.53 Å². The molecule has 1 atom stereocenters. The highest BCUT2D eigenvalue weighted by Crippen LogP contribution is 2.19. The quantitative estimate of drug-likeness (QED) is 0.837. The van der Waals surface area contributed by atoms with Gasteiger partial charge in [-0.1, -0.05) is 24.6 Å². The largest absolute Gasteiger partial charge is 0.496 e. The summed E-state index contributed by atoms with van der Waals surface area (Å²) in [5, 5.41) is 7.31. The van der Waals surface area contributed by atoms with Crippen LogP contribution < -0.4 is 10.1 Å². The number of likely N-dealkylation sites (tertiary alicyclic amines) is 1. The first-order valence-corrected chi connectivity index (χ1v) is 8.86. The van der Waals surface area contributed by atoms with Crippen molar-refractivity contribution in [2.45, 2.75) is 38.4 Å². The minimum atomic E-state index is 0.0540. The summed E-state index contributed by atoms with van der Waals surface area (Å²) in [6, 6.07) is 10.1. The number of rotatable bonds is 7. The number of carbonyl (C=O) groups excluding carboxylic acids is 1. The molecule has 1 fully saturated rings. The lowest BCUT2D eigenvalue weighted by molar-refractivity contribution is -0.123. The zero-order chi connectivity index (χ0) is 17.5. The molecule has 2 heterocycles. The van der Waals surface area contributed by atoms with Crippen LogP contribution in [0, 0.1) is 0 Å². The van der Waals surface area contributed by atoms with Gasteiger partial charge in [0.15, 0.2) is 0 Å². The number of amides is 1. The molecule has 25 heavy (non-hydrogen) atoms. The third-order valence-corrected chi connectivity index (χ3v) is 4.72. The zero-order valence-corrected chi connectivity index (χ0v) is 14.7. The van der Waals surface area contributed by atoms with Gasteiger partial charge in [0.25, 0.3) is 0 Å². The number of nitrogens with one attached hydrogen (secondary N) is 1. The van der Waals surface area contributed by atoms with Gasteiger partial charge < -0.3 is 10.1 Å². The number of aromatic nitrogens is 2. The van der Waals surface area contributed by atoms with Crippen molar-refractivity contribution in [3.05, 3.63) is 48.3 Å². The molecule has 0 saturated carbocycles. The Labute approximate surface area is 148 Å². The van der Waals surface area contributed by atoms with Crippen molar-refractivity contribution >= 4 is 5.91 Å². The lowest BCUT2D eigenvalue weighted by atomic mass is 10.0. The Morgan fingerprint density at radius 2 is 2.20 bits per heavy atom. The maximum Gasteiger partial charge on any atom is 0.234 e. The van der Waals surface area contributed by atoms with E-state index in [-0.39, 0.29) is 5.91 Å². The summed E-state index contributed by atoms with van der Waals surface area (Å²) in [7, 11) is 1.65. The molecule has 0 radical (unpaired) electrons. The second kappa shape index (κ2) is 8.67. The van der Waals surface area contributed by atoms with Crippen molar-refractivity contribution in [1.82, 2.24) is 20.0 Å². The van der Waals surface area contributed by atoms with Crippen LogP contribution in [0.3, 0.4) is 0 Å². The zero-order valence-electron chi connectivity index (χ0n) is 14.7. The van der Waals surface area contributed by atoms with Crippen molar-refractivity contribution in [3.63, 3.8) is 0 Å². The molecule has 0 aliphatic carbocycles. The number of benzene rings is 1. The van der Waals surface area contributed by atoms with Crippen LogP contribution >= 0.6 is 0 Å². The van der Waals surface area contributed by atoms with Gasteiger partial charge in [0.2, 0.25) is 5.91 Å². The van der Waals surface area contributed by atoms with E-state index in [0.29, 0.717) is 19.1 Å². The van der Waals surface area contributed by atoms with Crippen LogP contribution in [0.5, 0.6) is 5.75 Å². The fourth-order valence-corrected chi connectivity index (χ4v) is 3.38. The summed E-state index contributed by atoms with van der Waals surface area (Å²) in [6.45, 7) is 2.72. The molecule has 1 saturated heterocycles. The summed E-state index contributed by atoms with van der Waals surface area (Å²) in [4.78, 5) is 14.7. The van der Waals surface area contributed by atoms with Gasteiger partial charge >= 0.3 is 0 Å². The molecular formula is C19H26N4O2. The summed E-state index contributed by atoms with van der Waals surface area (Å²) < 4.78 is 7.29. The summed E-state index contributed by atoms with van der Waals surface area (Å²) in [5.74, 6) is 0.857. The van der Waals surface area contributed by atoms with Gasteiger partial charge in [0, 0.05) is 30.5 Å². The number of carbonyl (C=O) groups is 1. The Bertz CT molecular complexity index is 672. The maximum absolute atomic E-state index is 12.4. The predicted molar refractivity (Wildman–Crippen MR) is 96.3 cm³/mol. The Hall–Kier alpha value is -2.34. The van der Waals surface area contributed by atoms with Gasteiger partial charge in [0.1, 0.15) is 5.75 Å². The highest BCUT2D eigenvalue weighted by Gasteiger charge is 2.24. The summed E-state index contributed by atoms with van der Waals surface area (Å²) in [5.41, 5.74) is 0.991. The first kappa shape index (κ1) is 17.5. The maximum atomic E-state index is 12.4. The number of ether oxygens (including phenoxy) is 1. The summed E-state index contributed by atoms with van der Waals surface area (Å²) >= 11 is 0. The fourth-order valence-electron chi connectivity index (χ4n) is 3.38. The van der Waals surface area contributed by atoms with E-state index in [4.69, 9.17) is 4.74 Å². The molecule has 134 valence electrons. The predicted octanol–water partition coefficient (Wildman–Crippen LogP) is 2.06. The fraction of sp³-hybridized carbons (Fsp3) is 0.474. The molecule has 6 heteroatoms. The number of methoxy groups -OCH3 is 1. The van der Waals surface area contributed by atoms with Crippen molar-refractivity contribution in [3.8, 4) is 5.75 Å². The third kappa shape index (κ3) is 4.82. The van der Waals surface area contributed by atoms with E-state index in [1.807, 2.05) is 41.2 Å². The van der Waals surface area contributed by atoms with E-state index in [2.05, 4.69) is 15.3 Å². The van der Waals surface area contributed by atoms with Crippen LogP contribution in [-0.2, 0) is 17.9 Å². The first-order chi connectivity index (χ1) is 12.3. The van der Waals surface area contributed by atoms with Crippen LogP contribution in [0.4, 0.5) is 0 Å². The average molecular weight is 342 g/mol. The first-order valence-electron chi connectivity index (χ1n) is 8.86. The SMILES string of the molecule is COc1ccccc1CNC(=O)CN1CCCC[C@H]1Cn1cccn1. The molecule has 1 aromatic carbocycles. The van der Waals surface area contributed by atoms with Crippen LogP contribution in [0.15, 0.2) is 42.7 Å². The van der Waals surface area contributed by atoms with Crippen molar-refractivity contribution in [2.24, 2.45) is 0 Å². The molecule has 6 nitrogen and oxygen atoms in total. The van der Waals surface area contributed by atoms with Crippen molar-refractivity contribution in [1.29, 1.82) is 0 Å². The second-order valence-corrected chi connectivity index (χ2v) is 6.44. The van der Waals surface area contributed by atoms with Crippen LogP contribution in [0.2, 0.25) is 0 Å². The van der Waals surface area contributed by atoms with E-state index >= 15 is 0 Å². The molecule has 3 rings (SSSR count). The van der Waals surface area contributed by atoms with Crippen LogP contribution in [0.25, 0.3) is 0 Å². The molecular weight excluding hydrogens is 316 g/mol.